The molecule has 2 amide bonds. The molecule has 5 rings (SSSR count). The summed E-state index contributed by atoms with van der Waals surface area (Å²) in [4.78, 5) is 33.4. The molecule has 6 nitrogen and oxygen atoms in total. The van der Waals surface area contributed by atoms with Crippen molar-refractivity contribution in [2.75, 3.05) is 11.9 Å². The van der Waals surface area contributed by atoms with Crippen LogP contribution in [0.15, 0.2) is 109 Å². The van der Waals surface area contributed by atoms with Crippen LogP contribution in [0.5, 0.6) is 0 Å². The third-order valence-corrected chi connectivity index (χ3v) is 6.93. The van der Waals surface area contributed by atoms with Crippen LogP contribution in [0.1, 0.15) is 32.6 Å². The highest BCUT2D eigenvalue weighted by Crippen LogP contribution is 2.25. The lowest BCUT2D eigenvalue weighted by molar-refractivity contribution is -0.117. The SMILES string of the molecule is Cc1ccc(C(=O)N(CC(=O)Nc2nc(-c3ccccc3)cn2-c2ccc(C)c(C)c2)Cc2ccccc2)cc1. The topological polar surface area (TPSA) is 67.2 Å². The maximum atomic E-state index is 13.5. The fraction of sp³-hybridized carbons (Fsp3) is 0.147. The summed E-state index contributed by atoms with van der Waals surface area (Å²) in [5.41, 5.74) is 7.45. The van der Waals surface area contributed by atoms with Gasteiger partial charge < -0.3 is 4.90 Å². The van der Waals surface area contributed by atoms with Gasteiger partial charge in [-0.15, -0.1) is 0 Å². The Morgan fingerprint density at radius 3 is 2.15 bits per heavy atom. The van der Waals surface area contributed by atoms with E-state index in [0.29, 0.717) is 18.1 Å². The van der Waals surface area contributed by atoms with Gasteiger partial charge in [0, 0.05) is 29.6 Å². The van der Waals surface area contributed by atoms with Crippen LogP contribution in [-0.4, -0.2) is 32.8 Å². The molecule has 1 heterocycles. The van der Waals surface area contributed by atoms with E-state index >= 15 is 0 Å². The third kappa shape index (κ3) is 6.18. The lowest BCUT2D eigenvalue weighted by Gasteiger charge is -2.23. The fourth-order valence-corrected chi connectivity index (χ4v) is 4.51. The molecular formula is C34H32N4O2. The first-order valence-corrected chi connectivity index (χ1v) is 13.3. The first-order chi connectivity index (χ1) is 19.4. The summed E-state index contributed by atoms with van der Waals surface area (Å²) in [6.07, 6.45) is 1.92. The van der Waals surface area contributed by atoms with Gasteiger partial charge in [0.15, 0.2) is 0 Å². The standard InChI is InChI=1S/C34H32N4O2/c1-24-14-17-29(18-15-24)33(40)37(21-27-10-6-4-7-11-27)23-32(39)36-34-35-31(28-12-8-5-9-13-28)22-38(34)30-19-16-25(2)26(3)20-30/h4-20,22H,21,23H2,1-3H3,(H,35,36,39). The number of carbonyl (C=O) groups excluding carboxylic acids is 2. The van der Waals surface area contributed by atoms with Crippen molar-refractivity contribution in [2.45, 2.75) is 27.3 Å². The average Bonchev–Trinajstić information content (AvgIpc) is 3.39. The van der Waals surface area contributed by atoms with Crippen LogP contribution < -0.4 is 5.32 Å². The van der Waals surface area contributed by atoms with E-state index in [0.717, 1.165) is 33.6 Å². The Morgan fingerprint density at radius 1 is 0.800 bits per heavy atom. The van der Waals surface area contributed by atoms with Gasteiger partial charge in [-0.1, -0.05) is 84.4 Å². The Morgan fingerprint density at radius 2 is 1.48 bits per heavy atom. The Labute approximate surface area is 234 Å². The normalized spacial score (nSPS) is 10.8. The van der Waals surface area contributed by atoms with Gasteiger partial charge in [0.05, 0.1) is 5.69 Å². The molecule has 40 heavy (non-hydrogen) atoms. The average molecular weight is 529 g/mol. The van der Waals surface area contributed by atoms with Crippen molar-refractivity contribution in [3.8, 4) is 16.9 Å². The summed E-state index contributed by atoms with van der Waals surface area (Å²) in [5.74, 6) is -0.136. The van der Waals surface area contributed by atoms with Gasteiger partial charge in [-0.25, -0.2) is 4.98 Å². The summed E-state index contributed by atoms with van der Waals surface area (Å²) in [6, 6.07) is 33.1. The second-order valence-corrected chi connectivity index (χ2v) is 10.0. The van der Waals surface area contributed by atoms with E-state index in [1.807, 2.05) is 96.6 Å². The van der Waals surface area contributed by atoms with Gasteiger partial charge in [0.2, 0.25) is 11.9 Å². The molecule has 0 fully saturated rings. The number of carbonyl (C=O) groups is 2. The molecule has 0 aliphatic carbocycles. The Balaban J connectivity index is 1.45. The second-order valence-electron chi connectivity index (χ2n) is 10.0. The van der Waals surface area contributed by atoms with Gasteiger partial charge in [0.25, 0.3) is 5.91 Å². The number of amides is 2. The molecule has 5 aromatic rings. The van der Waals surface area contributed by atoms with Crippen LogP contribution in [0.2, 0.25) is 0 Å². The highest BCUT2D eigenvalue weighted by molar-refractivity contribution is 5.99. The van der Waals surface area contributed by atoms with Gasteiger partial charge in [0.1, 0.15) is 6.54 Å². The maximum absolute atomic E-state index is 13.5. The van der Waals surface area contributed by atoms with Crippen LogP contribution >= 0.6 is 0 Å². The van der Waals surface area contributed by atoms with Gasteiger partial charge in [-0.3, -0.25) is 19.5 Å². The molecule has 0 spiro atoms. The van der Waals surface area contributed by atoms with E-state index < -0.39 is 0 Å². The molecule has 6 heteroatoms. The highest BCUT2D eigenvalue weighted by Gasteiger charge is 2.21. The number of rotatable bonds is 8. The zero-order valence-electron chi connectivity index (χ0n) is 23.0. The van der Waals surface area contributed by atoms with E-state index in [1.54, 1.807) is 17.0 Å². The summed E-state index contributed by atoms with van der Waals surface area (Å²) < 4.78 is 1.88. The predicted molar refractivity (Wildman–Crippen MR) is 159 cm³/mol. The highest BCUT2D eigenvalue weighted by atomic mass is 16.2. The van der Waals surface area contributed by atoms with E-state index in [2.05, 4.69) is 31.3 Å². The van der Waals surface area contributed by atoms with Crippen molar-refractivity contribution < 1.29 is 9.59 Å². The Bertz CT molecular complexity index is 1620. The monoisotopic (exact) mass is 528 g/mol. The molecule has 0 saturated heterocycles. The van der Waals surface area contributed by atoms with Crippen LogP contribution in [0, 0.1) is 20.8 Å². The second kappa shape index (κ2) is 11.8. The summed E-state index contributed by atoms with van der Waals surface area (Å²) in [6.45, 7) is 6.29. The maximum Gasteiger partial charge on any atom is 0.254 e. The number of aromatic nitrogens is 2. The summed E-state index contributed by atoms with van der Waals surface area (Å²) >= 11 is 0. The largest absolute Gasteiger partial charge is 0.325 e. The molecule has 1 aromatic heterocycles. The number of aryl methyl sites for hydroxylation is 3. The molecule has 0 radical (unpaired) electrons. The molecule has 0 aliphatic rings. The van der Waals surface area contributed by atoms with Crippen molar-refractivity contribution in [2.24, 2.45) is 0 Å². The Kier molecular flexibility index (Phi) is 7.87. The molecular weight excluding hydrogens is 496 g/mol. The number of hydrogen-bond donors (Lipinski definition) is 1. The van der Waals surface area contributed by atoms with E-state index in [9.17, 15) is 9.59 Å². The van der Waals surface area contributed by atoms with Crippen molar-refractivity contribution in [1.29, 1.82) is 0 Å². The van der Waals surface area contributed by atoms with Crippen molar-refractivity contribution in [3.63, 3.8) is 0 Å². The van der Waals surface area contributed by atoms with E-state index in [-0.39, 0.29) is 18.4 Å². The number of anilines is 1. The van der Waals surface area contributed by atoms with Gasteiger partial charge >= 0.3 is 0 Å². The Hall–Kier alpha value is -4.97. The van der Waals surface area contributed by atoms with Crippen molar-refractivity contribution in [3.05, 3.63) is 137 Å². The molecule has 0 atom stereocenters. The quantitative estimate of drug-likeness (QED) is 0.242. The number of hydrogen-bond acceptors (Lipinski definition) is 3. The number of nitrogens with one attached hydrogen (secondary N) is 1. The third-order valence-electron chi connectivity index (χ3n) is 6.93. The fourth-order valence-electron chi connectivity index (χ4n) is 4.51. The smallest absolute Gasteiger partial charge is 0.254 e. The first-order valence-electron chi connectivity index (χ1n) is 13.3. The molecule has 1 N–H and O–H groups in total. The van der Waals surface area contributed by atoms with Crippen LogP contribution in [0.4, 0.5) is 5.95 Å². The lowest BCUT2D eigenvalue weighted by Crippen LogP contribution is -2.38. The summed E-state index contributed by atoms with van der Waals surface area (Å²) in [7, 11) is 0. The lowest BCUT2D eigenvalue weighted by atomic mass is 10.1. The minimum Gasteiger partial charge on any atom is -0.325 e. The number of nitrogens with zero attached hydrogens (tertiary/aromatic N) is 3. The molecule has 0 bridgehead atoms. The molecule has 0 unspecified atom stereocenters. The predicted octanol–water partition coefficient (Wildman–Crippen LogP) is 6.75. The molecule has 4 aromatic carbocycles. The molecule has 0 aliphatic heterocycles. The minimum absolute atomic E-state index is 0.123. The van der Waals surface area contributed by atoms with Crippen LogP contribution in [0.25, 0.3) is 16.9 Å². The van der Waals surface area contributed by atoms with Gasteiger partial charge in [-0.2, -0.15) is 0 Å². The zero-order chi connectivity index (χ0) is 28.1. The zero-order valence-corrected chi connectivity index (χ0v) is 23.0. The van der Waals surface area contributed by atoms with Crippen molar-refractivity contribution >= 4 is 17.8 Å². The van der Waals surface area contributed by atoms with Gasteiger partial charge in [-0.05, 0) is 61.7 Å². The van der Waals surface area contributed by atoms with Crippen LogP contribution in [0.3, 0.4) is 0 Å². The van der Waals surface area contributed by atoms with E-state index in [4.69, 9.17) is 4.98 Å². The molecule has 0 saturated carbocycles. The van der Waals surface area contributed by atoms with Crippen LogP contribution in [-0.2, 0) is 11.3 Å². The minimum atomic E-state index is -0.327. The first kappa shape index (κ1) is 26.6. The molecule has 200 valence electrons. The number of imidazole rings is 1. The summed E-state index contributed by atoms with van der Waals surface area (Å²) in [5, 5.41) is 2.98. The number of benzene rings is 4. The van der Waals surface area contributed by atoms with E-state index in [1.165, 1.54) is 5.56 Å². The van der Waals surface area contributed by atoms with Crippen molar-refractivity contribution in [1.82, 2.24) is 14.5 Å².